The molecule has 0 spiro atoms. The highest BCUT2D eigenvalue weighted by Crippen LogP contribution is 2.30. The van der Waals surface area contributed by atoms with Gasteiger partial charge < -0.3 is 10.0 Å². The van der Waals surface area contributed by atoms with Gasteiger partial charge in [0.25, 0.3) is 0 Å². The van der Waals surface area contributed by atoms with Gasteiger partial charge in [-0.15, -0.1) is 0 Å². The summed E-state index contributed by atoms with van der Waals surface area (Å²) in [4.78, 5) is 7.97. The van der Waals surface area contributed by atoms with E-state index in [2.05, 4.69) is 40.2 Å². The normalized spacial score (nSPS) is 16.4. The molecule has 0 atom stereocenters. The maximum Gasteiger partial charge on any atom is 0.185 e. The predicted octanol–water partition coefficient (Wildman–Crippen LogP) is 3.40. The van der Waals surface area contributed by atoms with Crippen molar-refractivity contribution in [3.05, 3.63) is 46.5 Å². The molecule has 3 nitrogen and oxygen atoms in total. The molecule has 0 unspecified atom stereocenters. The smallest absolute Gasteiger partial charge is 0.185 e. The van der Waals surface area contributed by atoms with Crippen LogP contribution in [0.3, 0.4) is 0 Å². The van der Waals surface area contributed by atoms with E-state index in [0.717, 1.165) is 34.7 Å². The lowest BCUT2D eigenvalue weighted by Crippen LogP contribution is -2.34. The van der Waals surface area contributed by atoms with Crippen molar-refractivity contribution in [1.82, 2.24) is 4.98 Å². The summed E-state index contributed by atoms with van der Waals surface area (Å²) >= 11 is 1.64. The number of hydrogen-bond donors (Lipinski definition) is 1. The van der Waals surface area contributed by atoms with Gasteiger partial charge in [0.05, 0.1) is 17.2 Å². The largest absolute Gasteiger partial charge is 0.391 e. The number of aliphatic hydroxyl groups is 1. The van der Waals surface area contributed by atoms with Crippen LogP contribution in [0.4, 0.5) is 5.13 Å². The first-order valence-corrected chi connectivity index (χ1v) is 8.44. The monoisotopic (exact) mass is 302 g/mol. The van der Waals surface area contributed by atoms with Crippen molar-refractivity contribution in [2.24, 2.45) is 5.92 Å². The van der Waals surface area contributed by atoms with Crippen LogP contribution in [0.1, 0.15) is 29.0 Å². The molecule has 1 aromatic carbocycles. The Balaban J connectivity index is 1.57. The molecule has 0 saturated carbocycles. The maximum atomic E-state index is 9.29. The maximum absolute atomic E-state index is 9.29. The van der Waals surface area contributed by atoms with Gasteiger partial charge in [-0.2, -0.15) is 0 Å². The average molecular weight is 302 g/mol. The van der Waals surface area contributed by atoms with Gasteiger partial charge in [-0.3, -0.25) is 0 Å². The minimum Gasteiger partial charge on any atom is -0.391 e. The SMILES string of the molecule is Cc1nc(N2CCC(Cc3ccccc3)CC2)sc1CO. The van der Waals surface area contributed by atoms with Gasteiger partial charge in [-0.25, -0.2) is 4.98 Å². The average Bonchev–Trinajstić information content (AvgIpc) is 2.90. The number of aryl methyl sites for hydroxylation is 1. The number of nitrogens with zero attached hydrogens (tertiary/aromatic N) is 2. The van der Waals surface area contributed by atoms with Gasteiger partial charge >= 0.3 is 0 Å². The molecule has 21 heavy (non-hydrogen) atoms. The van der Waals surface area contributed by atoms with Crippen molar-refractivity contribution in [1.29, 1.82) is 0 Å². The highest BCUT2D eigenvalue weighted by atomic mass is 32.1. The van der Waals surface area contributed by atoms with E-state index in [4.69, 9.17) is 0 Å². The van der Waals surface area contributed by atoms with Crippen LogP contribution in [0.5, 0.6) is 0 Å². The first kappa shape index (κ1) is 14.5. The van der Waals surface area contributed by atoms with Crippen molar-refractivity contribution >= 4 is 16.5 Å². The molecule has 112 valence electrons. The van der Waals surface area contributed by atoms with Crippen molar-refractivity contribution in [2.75, 3.05) is 18.0 Å². The van der Waals surface area contributed by atoms with E-state index in [1.165, 1.54) is 24.8 Å². The third kappa shape index (κ3) is 3.44. The van der Waals surface area contributed by atoms with Gasteiger partial charge in [0.1, 0.15) is 0 Å². The van der Waals surface area contributed by atoms with E-state index in [1.807, 2.05) is 6.92 Å². The van der Waals surface area contributed by atoms with E-state index < -0.39 is 0 Å². The van der Waals surface area contributed by atoms with Crippen molar-refractivity contribution in [3.8, 4) is 0 Å². The first-order chi connectivity index (χ1) is 10.3. The summed E-state index contributed by atoms with van der Waals surface area (Å²) in [6.45, 7) is 4.24. The number of benzene rings is 1. The Hall–Kier alpha value is -1.39. The zero-order valence-electron chi connectivity index (χ0n) is 12.5. The number of aliphatic hydroxyl groups excluding tert-OH is 1. The second-order valence-electron chi connectivity index (χ2n) is 5.78. The lowest BCUT2D eigenvalue weighted by Gasteiger charge is -2.31. The number of hydrogen-bond acceptors (Lipinski definition) is 4. The summed E-state index contributed by atoms with van der Waals surface area (Å²) in [5, 5.41) is 10.4. The van der Waals surface area contributed by atoms with E-state index in [1.54, 1.807) is 11.3 Å². The first-order valence-electron chi connectivity index (χ1n) is 7.62. The number of rotatable bonds is 4. The molecule has 1 saturated heterocycles. The molecule has 1 fully saturated rings. The molecule has 4 heteroatoms. The number of thiazole rings is 1. The van der Waals surface area contributed by atoms with E-state index >= 15 is 0 Å². The lowest BCUT2D eigenvalue weighted by molar-refractivity contribution is 0.284. The van der Waals surface area contributed by atoms with Crippen molar-refractivity contribution in [3.63, 3.8) is 0 Å². The highest BCUT2D eigenvalue weighted by molar-refractivity contribution is 7.15. The highest BCUT2D eigenvalue weighted by Gasteiger charge is 2.22. The topological polar surface area (TPSA) is 36.4 Å². The van der Waals surface area contributed by atoms with E-state index in [-0.39, 0.29) is 6.61 Å². The molecule has 0 amide bonds. The fourth-order valence-electron chi connectivity index (χ4n) is 2.97. The Morgan fingerprint density at radius 2 is 1.95 bits per heavy atom. The molecule has 0 aliphatic carbocycles. The van der Waals surface area contributed by atoms with Gasteiger partial charge in [0, 0.05) is 13.1 Å². The van der Waals surface area contributed by atoms with Crippen LogP contribution in [-0.4, -0.2) is 23.2 Å². The molecular weight excluding hydrogens is 280 g/mol. The van der Waals surface area contributed by atoms with Crippen molar-refractivity contribution < 1.29 is 5.11 Å². The van der Waals surface area contributed by atoms with Gasteiger partial charge in [-0.05, 0) is 37.7 Å². The second-order valence-corrected chi connectivity index (χ2v) is 6.85. The quantitative estimate of drug-likeness (QED) is 0.940. The summed E-state index contributed by atoms with van der Waals surface area (Å²) in [6, 6.07) is 10.8. The summed E-state index contributed by atoms with van der Waals surface area (Å²) < 4.78 is 0. The van der Waals surface area contributed by atoms with Crippen LogP contribution in [0.15, 0.2) is 30.3 Å². The minimum atomic E-state index is 0.105. The van der Waals surface area contributed by atoms with Crippen molar-refractivity contribution in [2.45, 2.75) is 32.8 Å². The van der Waals surface area contributed by atoms with Crippen LogP contribution in [-0.2, 0) is 13.0 Å². The van der Waals surface area contributed by atoms with Crippen LogP contribution >= 0.6 is 11.3 Å². The molecule has 0 bridgehead atoms. The third-order valence-corrected chi connectivity index (χ3v) is 5.48. The third-order valence-electron chi connectivity index (χ3n) is 4.28. The standard InChI is InChI=1S/C17H22N2OS/c1-13-16(12-20)21-17(18-13)19-9-7-15(8-10-19)11-14-5-3-2-4-6-14/h2-6,15,20H,7-12H2,1H3. The number of anilines is 1. The zero-order chi connectivity index (χ0) is 14.7. The Morgan fingerprint density at radius 1 is 1.24 bits per heavy atom. The summed E-state index contributed by atoms with van der Waals surface area (Å²) in [6.07, 6.45) is 3.64. The van der Waals surface area contributed by atoms with E-state index in [0.29, 0.717) is 0 Å². The number of aromatic nitrogens is 1. The van der Waals surface area contributed by atoms with Crippen LogP contribution < -0.4 is 4.90 Å². The molecule has 1 aromatic heterocycles. The minimum absolute atomic E-state index is 0.105. The molecular formula is C17H22N2OS. The van der Waals surface area contributed by atoms with Gasteiger partial charge in [0.15, 0.2) is 5.13 Å². The van der Waals surface area contributed by atoms with Crippen LogP contribution in [0.2, 0.25) is 0 Å². The fraction of sp³-hybridized carbons (Fsp3) is 0.471. The summed E-state index contributed by atoms with van der Waals surface area (Å²) in [5.74, 6) is 0.780. The molecule has 2 aromatic rings. The van der Waals surface area contributed by atoms with Gasteiger partial charge in [0.2, 0.25) is 0 Å². The lowest BCUT2D eigenvalue weighted by atomic mass is 9.90. The van der Waals surface area contributed by atoms with Crippen LogP contribution in [0.25, 0.3) is 0 Å². The van der Waals surface area contributed by atoms with Crippen LogP contribution in [0, 0.1) is 12.8 Å². The molecule has 1 N–H and O–H groups in total. The van der Waals surface area contributed by atoms with E-state index in [9.17, 15) is 5.11 Å². The molecule has 1 aliphatic heterocycles. The predicted molar refractivity (Wildman–Crippen MR) is 87.9 cm³/mol. The Kier molecular flexibility index (Phi) is 4.56. The molecule has 0 radical (unpaired) electrons. The summed E-state index contributed by atoms with van der Waals surface area (Å²) in [7, 11) is 0. The Bertz CT molecular complexity index is 574. The Labute approximate surface area is 130 Å². The zero-order valence-corrected chi connectivity index (χ0v) is 13.3. The second kappa shape index (κ2) is 6.58. The Morgan fingerprint density at radius 3 is 2.57 bits per heavy atom. The van der Waals surface area contributed by atoms with Gasteiger partial charge in [-0.1, -0.05) is 41.7 Å². The molecule has 3 rings (SSSR count). The molecule has 2 heterocycles. The summed E-state index contributed by atoms with van der Waals surface area (Å²) in [5.41, 5.74) is 2.42. The number of piperidine rings is 1. The molecule has 1 aliphatic rings. The fourth-order valence-corrected chi connectivity index (χ4v) is 3.94.